The van der Waals surface area contributed by atoms with Gasteiger partial charge in [0.1, 0.15) is 30.1 Å². The highest BCUT2D eigenvalue weighted by Gasteiger charge is 2.18. The Hall–Kier alpha value is -4.73. The maximum Gasteiger partial charge on any atom is 0.270 e. The van der Waals surface area contributed by atoms with Crippen LogP contribution >= 0.6 is 0 Å². The van der Waals surface area contributed by atoms with Crippen molar-refractivity contribution in [3.05, 3.63) is 88.5 Å². The van der Waals surface area contributed by atoms with Crippen molar-refractivity contribution >= 4 is 29.5 Å². The van der Waals surface area contributed by atoms with Gasteiger partial charge in [-0.3, -0.25) is 14.4 Å². The molecule has 0 fully saturated rings. The number of ether oxygens (including phenoxy) is 1. The van der Waals surface area contributed by atoms with Crippen LogP contribution in [0, 0.1) is 0 Å². The fourth-order valence-corrected chi connectivity index (χ4v) is 3.55. The van der Waals surface area contributed by atoms with Crippen LogP contribution in [-0.2, 0) is 24.2 Å². The number of ketones is 1. The predicted molar refractivity (Wildman–Crippen MR) is 131 cm³/mol. The normalized spacial score (nSPS) is 16.4. The molecular formula is C26H22N6O4. The number of rotatable bonds is 7. The van der Waals surface area contributed by atoms with E-state index in [0.717, 1.165) is 23.7 Å². The Balaban J connectivity index is 1.27. The van der Waals surface area contributed by atoms with Crippen molar-refractivity contribution in [2.24, 2.45) is 10.2 Å². The van der Waals surface area contributed by atoms with Crippen LogP contribution in [0.4, 0.5) is 0 Å². The van der Waals surface area contributed by atoms with Crippen LogP contribution < -0.4 is 15.4 Å². The fourth-order valence-electron chi connectivity index (χ4n) is 3.55. The zero-order valence-electron chi connectivity index (χ0n) is 22.8. The summed E-state index contributed by atoms with van der Waals surface area (Å²) in [6.07, 6.45) is 3.30. The van der Waals surface area contributed by atoms with Crippen LogP contribution in [0.25, 0.3) is 0 Å². The average molecular weight is 487 g/mol. The molecule has 5 rings (SSSR count). The molecule has 10 heteroatoms. The minimum absolute atomic E-state index is 0.0422. The van der Waals surface area contributed by atoms with Gasteiger partial charge in [-0.25, -0.2) is 9.97 Å². The predicted octanol–water partition coefficient (Wildman–Crippen LogP) is 2.02. The molecule has 0 bridgehead atoms. The van der Waals surface area contributed by atoms with E-state index in [9.17, 15) is 14.4 Å². The molecule has 3 aromatic rings. The van der Waals surface area contributed by atoms with Crippen LogP contribution in [-0.4, -0.2) is 46.1 Å². The Morgan fingerprint density at radius 3 is 2.33 bits per heavy atom. The molecule has 0 spiro atoms. The highest BCUT2D eigenvalue weighted by atomic mass is 16.5. The molecule has 0 saturated heterocycles. The highest BCUT2D eigenvalue weighted by molar-refractivity contribution is 6.09. The molecule has 0 unspecified atom stereocenters. The van der Waals surface area contributed by atoms with Gasteiger partial charge >= 0.3 is 0 Å². The zero-order chi connectivity index (χ0) is 28.5. The summed E-state index contributed by atoms with van der Waals surface area (Å²) in [5.74, 6) is -1.49. The minimum atomic E-state index is -2.35. The first-order chi connectivity index (χ1) is 19.0. The molecule has 180 valence electrons. The lowest BCUT2D eigenvalue weighted by Crippen LogP contribution is -2.27. The number of nitrogens with one attached hydrogen (secondary N) is 2. The largest absolute Gasteiger partial charge is 0.486 e. The van der Waals surface area contributed by atoms with Gasteiger partial charge < -0.3 is 15.4 Å². The maximum atomic E-state index is 12.9. The van der Waals surface area contributed by atoms with Crippen molar-refractivity contribution < 1.29 is 24.6 Å². The lowest BCUT2D eigenvalue weighted by Gasteiger charge is -2.17. The summed E-state index contributed by atoms with van der Waals surface area (Å²) in [7, 11) is 0. The number of Topliss-reactive ketones (excluding diaryl/α,β-unsaturated/α-hetero) is 1. The number of nitrogens with zero attached hydrogens (tertiary/aromatic N) is 4. The number of fused-ring (bicyclic) bond motifs is 1. The van der Waals surface area contributed by atoms with Gasteiger partial charge in [0, 0.05) is 43.7 Å². The molecular weight excluding hydrogens is 460 g/mol. The van der Waals surface area contributed by atoms with E-state index in [1.165, 1.54) is 30.3 Å². The van der Waals surface area contributed by atoms with Crippen molar-refractivity contribution in [2.75, 3.05) is 6.61 Å². The molecule has 0 atom stereocenters. The van der Waals surface area contributed by atoms with Crippen LogP contribution in [0.15, 0.2) is 65.1 Å². The fraction of sp³-hybridized carbons (Fsp3) is 0.192. The second-order valence-electron chi connectivity index (χ2n) is 7.90. The van der Waals surface area contributed by atoms with E-state index >= 15 is 0 Å². The minimum Gasteiger partial charge on any atom is -0.486 e. The van der Waals surface area contributed by atoms with Crippen LogP contribution in [0.1, 0.15) is 55.1 Å². The van der Waals surface area contributed by atoms with Crippen LogP contribution in [0.3, 0.4) is 0 Å². The van der Waals surface area contributed by atoms with Crippen LogP contribution in [0.2, 0.25) is 0 Å². The molecule has 0 aliphatic carbocycles. The molecule has 36 heavy (non-hydrogen) atoms. The van der Waals surface area contributed by atoms with E-state index < -0.39 is 24.8 Å². The van der Waals surface area contributed by atoms with Gasteiger partial charge in [0.2, 0.25) is 0 Å². The molecule has 0 saturated carbocycles. The van der Waals surface area contributed by atoms with E-state index in [1.54, 1.807) is 18.3 Å². The quantitative estimate of drug-likeness (QED) is 0.525. The summed E-state index contributed by atoms with van der Waals surface area (Å²) < 4.78 is 38.7. The molecule has 10 nitrogen and oxygen atoms in total. The Morgan fingerprint density at radius 1 is 0.944 bits per heavy atom. The van der Waals surface area contributed by atoms with Crippen molar-refractivity contribution in [1.29, 1.82) is 0 Å². The Labute approximate surface area is 212 Å². The van der Waals surface area contributed by atoms with E-state index in [-0.39, 0.29) is 41.3 Å². The van der Waals surface area contributed by atoms with Gasteiger partial charge in [-0.1, -0.05) is 30.3 Å². The summed E-state index contributed by atoms with van der Waals surface area (Å²) >= 11 is 0. The van der Waals surface area contributed by atoms with E-state index in [1.807, 2.05) is 0 Å². The molecule has 2 N–H and O–H groups in total. The van der Waals surface area contributed by atoms with E-state index in [0.29, 0.717) is 17.7 Å². The van der Waals surface area contributed by atoms with Crippen molar-refractivity contribution in [3.8, 4) is 5.75 Å². The third-order valence-electron chi connectivity index (χ3n) is 5.37. The number of hydrogen-bond donors (Lipinski definition) is 2. The number of carbonyl (C=O) groups excluding carboxylic acids is 3. The van der Waals surface area contributed by atoms with Crippen molar-refractivity contribution in [2.45, 2.75) is 25.8 Å². The molecule has 1 aromatic heterocycles. The molecule has 2 aliphatic heterocycles. The first-order valence-corrected chi connectivity index (χ1v) is 11.0. The summed E-state index contributed by atoms with van der Waals surface area (Å²) in [4.78, 5) is 45.1. The smallest absolute Gasteiger partial charge is 0.270 e. The Morgan fingerprint density at radius 2 is 1.64 bits per heavy atom. The van der Waals surface area contributed by atoms with Gasteiger partial charge in [-0.05, 0) is 28.8 Å². The summed E-state index contributed by atoms with van der Waals surface area (Å²) in [5.41, 5.74) is 1.74. The standard InChI is InChI=1S/C26H22N6O4/c33-20-10-19-9-17(3-6-24(19)36-14-20)13-28-26(35)23-11-22(29-15-30-23)25(34)27-12-16-1-4-18(5-2-16)21-7-8-31-32-21/h1-6,8-9,11,15H,7,10,12-14H2,(H,27,34)(H,28,35)/i12D2,13D2. The first-order valence-electron chi connectivity index (χ1n) is 13.0. The average Bonchev–Trinajstić information content (AvgIpc) is 3.47. The van der Waals surface area contributed by atoms with Gasteiger partial charge in [-0.2, -0.15) is 10.2 Å². The van der Waals surface area contributed by atoms with E-state index in [2.05, 4.69) is 30.8 Å². The summed E-state index contributed by atoms with van der Waals surface area (Å²) in [6, 6.07) is 11.9. The number of benzene rings is 2. The molecule has 2 amide bonds. The highest BCUT2D eigenvalue weighted by Crippen LogP contribution is 2.24. The number of amides is 2. The van der Waals surface area contributed by atoms with Gasteiger partial charge in [0.25, 0.3) is 11.8 Å². The number of aromatic nitrogens is 2. The molecule has 2 aliphatic rings. The lowest BCUT2D eigenvalue weighted by atomic mass is 10.0. The van der Waals surface area contributed by atoms with Crippen molar-refractivity contribution in [1.82, 2.24) is 20.6 Å². The Bertz CT molecular complexity index is 1570. The zero-order valence-corrected chi connectivity index (χ0v) is 18.8. The second kappa shape index (κ2) is 10.3. The topological polar surface area (TPSA) is 135 Å². The third-order valence-corrected chi connectivity index (χ3v) is 5.37. The number of carbonyl (C=O) groups is 3. The summed E-state index contributed by atoms with van der Waals surface area (Å²) in [5, 5.41) is 12.3. The maximum absolute atomic E-state index is 12.9. The molecule has 3 heterocycles. The van der Waals surface area contributed by atoms with Crippen molar-refractivity contribution in [3.63, 3.8) is 0 Å². The second-order valence-corrected chi connectivity index (χ2v) is 7.90. The molecule has 0 radical (unpaired) electrons. The van der Waals surface area contributed by atoms with Gasteiger partial charge in [-0.15, -0.1) is 0 Å². The molecule has 2 aromatic carbocycles. The Kier molecular flexibility index (Phi) is 5.30. The third kappa shape index (κ3) is 5.33. The first kappa shape index (κ1) is 18.6. The van der Waals surface area contributed by atoms with Gasteiger partial charge in [0.05, 0.1) is 11.2 Å². The SMILES string of the molecule is [2H]C([2H])(NC(=O)c1cc(C(=O)NC([2H])([2H])c2ccc3c(c2)CC(=O)CO3)ncn1)c1ccc(C2=NN=CC2)cc1. The monoisotopic (exact) mass is 486 g/mol. The van der Waals surface area contributed by atoms with Crippen LogP contribution in [0.5, 0.6) is 5.75 Å². The number of hydrogen-bond acceptors (Lipinski definition) is 8. The van der Waals surface area contributed by atoms with E-state index in [4.69, 9.17) is 10.2 Å². The lowest BCUT2D eigenvalue weighted by molar-refractivity contribution is -0.121. The summed E-state index contributed by atoms with van der Waals surface area (Å²) in [6.45, 7) is -4.66. The van der Waals surface area contributed by atoms with Gasteiger partial charge in [0.15, 0.2) is 5.78 Å².